The molecule has 0 spiro atoms. The number of pyridine rings is 1. The fourth-order valence-electron chi connectivity index (χ4n) is 1.85. The molecule has 0 fully saturated rings. The third-order valence-electron chi connectivity index (χ3n) is 2.64. The Labute approximate surface area is 108 Å². The molecule has 4 nitrogen and oxygen atoms in total. The summed E-state index contributed by atoms with van der Waals surface area (Å²) in [5, 5.41) is 0.570. The lowest BCUT2D eigenvalue weighted by atomic mass is 10.1. The topological polar surface area (TPSA) is 61.0 Å². The molecule has 0 bridgehead atoms. The number of hydrogen-bond donors (Lipinski definition) is 1. The number of thiazole rings is 1. The van der Waals surface area contributed by atoms with Crippen LogP contribution in [0.2, 0.25) is 0 Å². The van der Waals surface area contributed by atoms with Crippen LogP contribution in [0.3, 0.4) is 0 Å². The molecular formula is C13H11N3OS. The fraction of sp³-hybridized carbons (Fsp3) is 0.0769. The van der Waals surface area contributed by atoms with Crippen LogP contribution < -0.4 is 10.5 Å². The molecule has 0 aliphatic heterocycles. The molecule has 3 rings (SSSR count). The summed E-state index contributed by atoms with van der Waals surface area (Å²) in [7, 11) is 1.61. The van der Waals surface area contributed by atoms with Crippen LogP contribution in [-0.2, 0) is 0 Å². The van der Waals surface area contributed by atoms with E-state index in [4.69, 9.17) is 10.5 Å². The number of nitrogen functional groups attached to an aromatic ring is 1. The first kappa shape index (κ1) is 11.0. The third-order valence-corrected chi connectivity index (χ3v) is 3.57. The second-order valence-corrected chi connectivity index (χ2v) is 4.80. The monoisotopic (exact) mass is 257 g/mol. The van der Waals surface area contributed by atoms with Gasteiger partial charge in [-0.1, -0.05) is 29.5 Å². The maximum absolute atomic E-state index is 5.76. The second kappa shape index (κ2) is 4.27. The summed E-state index contributed by atoms with van der Waals surface area (Å²) in [6.07, 6.45) is 0. The molecule has 0 amide bonds. The van der Waals surface area contributed by atoms with Gasteiger partial charge in [-0.15, -0.1) is 0 Å². The van der Waals surface area contributed by atoms with Crippen molar-refractivity contribution < 1.29 is 4.74 Å². The quantitative estimate of drug-likeness (QED) is 0.766. The van der Waals surface area contributed by atoms with Crippen molar-refractivity contribution in [1.29, 1.82) is 0 Å². The van der Waals surface area contributed by atoms with E-state index in [1.807, 2.05) is 36.4 Å². The molecule has 3 aromatic rings. The predicted octanol–water partition coefficient (Wildman–Crippen LogP) is 2.95. The number of anilines is 1. The molecule has 2 aromatic heterocycles. The van der Waals surface area contributed by atoms with Crippen molar-refractivity contribution in [3.63, 3.8) is 0 Å². The molecule has 0 atom stereocenters. The standard InChI is InChI=1S/C13H11N3OS/c1-17-11-7-3-5-9(15-11)8-4-2-6-10-12(8)18-13(14)16-10/h2-7H,1H3,(H2,14,16). The maximum atomic E-state index is 5.76. The van der Waals surface area contributed by atoms with Gasteiger partial charge in [0.1, 0.15) is 0 Å². The fourth-order valence-corrected chi connectivity index (χ4v) is 2.70. The number of nitrogens with two attached hydrogens (primary N) is 1. The van der Waals surface area contributed by atoms with Crippen LogP contribution in [0.4, 0.5) is 5.13 Å². The number of rotatable bonds is 2. The van der Waals surface area contributed by atoms with Crippen LogP contribution in [0.1, 0.15) is 0 Å². The van der Waals surface area contributed by atoms with Gasteiger partial charge in [-0.2, -0.15) is 0 Å². The van der Waals surface area contributed by atoms with E-state index in [9.17, 15) is 0 Å². The number of hydrogen-bond acceptors (Lipinski definition) is 5. The van der Waals surface area contributed by atoms with Crippen molar-refractivity contribution >= 4 is 26.7 Å². The number of benzene rings is 1. The van der Waals surface area contributed by atoms with Gasteiger partial charge in [-0.25, -0.2) is 9.97 Å². The Hall–Kier alpha value is -2.14. The van der Waals surface area contributed by atoms with Crippen LogP contribution >= 0.6 is 11.3 Å². The van der Waals surface area contributed by atoms with Gasteiger partial charge in [0.25, 0.3) is 0 Å². The third kappa shape index (κ3) is 1.78. The summed E-state index contributed by atoms with van der Waals surface area (Å²) in [5.41, 5.74) is 8.55. The lowest BCUT2D eigenvalue weighted by Gasteiger charge is -2.04. The molecule has 5 heteroatoms. The molecule has 0 saturated heterocycles. The van der Waals surface area contributed by atoms with E-state index in [1.165, 1.54) is 11.3 Å². The predicted molar refractivity (Wildman–Crippen MR) is 73.8 cm³/mol. The number of methoxy groups -OCH3 is 1. The summed E-state index contributed by atoms with van der Waals surface area (Å²) < 4.78 is 6.20. The van der Waals surface area contributed by atoms with E-state index in [0.29, 0.717) is 11.0 Å². The second-order valence-electron chi connectivity index (χ2n) is 3.77. The van der Waals surface area contributed by atoms with E-state index in [0.717, 1.165) is 21.5 Å². The molecule has 0 aliphatic carbocycles. The molecule has 18 heavy (non-hydrogen) atoms. The van der Waals surface area contributed by atoms with Crippen molar-refractivity contribution in [2.24, 2.45) is 0 Å². The lowest BCUT2D eigenvalue weighted by Crippen LogP contribution is -1.89. The van der Waals surface area contributed by atoms with E-state index in [2.05, 4.69) is 9.97 Å². The summed E-state index contributed by atoms with van der Waals surface area (Å²) in [4.78, 5) is 8.72. The zero-order chi connectivity index (χ0) is 12.5. The van der Waals surface area contributed by atoms with Crippen LogP contribution in [0.15, 0.2) is 36.4 Å². The van der Waals surface area contributed by atoms with E-state index in [-0.39, 0.29) is 0 Å². The first-order chi connectivity index (χ1) is 8.78. The highest BCUT2D eigenvalue weighted by Crippen LogP contribution is 2.33. The van der Waals surface area contributed by atoms with Crippen LogP contribution in [0.25, 0.3) is 21.5 Å². The Balaban J connectivity index is 2.24. The molecule has 0 unspecified atom stereocenters. The van der Waals surface area contributed by atoms with Crippen molar-refractivity contribution in [1.82, 2.24) is 9.97 Å². The lowest BCUT2D eigenvalue weighted by molar-refractivity contribution is 0.398. The average Bonchev–Trinajstić information content (AvgIpc) is 2.78. The van der Waals surface area contributed by atoms with Crippen LogP contribution in [0.5, 0.6) is 5.88 Å². The molecular weight excluding hydrogens is 246 g/mol. The van der Waals surface area contributed by atoms with Crippen LogP contribution in [0, 0.1) is 0 Å². The molecule has 1 aromatic carbocycles. The highest BCUT2D eigenvalue weighted by molar-refractivity contribution is 7.22. The van der Waals surface area contributed by atoms with Gasteiger partial charge in [-0.3, -0.25) is 0 Å². The summed E-state index contributed by atoms with van der Waals surface area (Å²) in [6, 6.07) is 11.6. The molecule has 0 aliphatic rings. The molecule has 90 valence electrons. The van der Waals surface area contributed by atoms with Gasteiger partial charge in [0.05, 0.1) is 23.0 Å². The maximum Gasteiger partial charge on any atom is 0.213 e. The zero-order valence-electron chi connectivity index (χ0n) is 9.75. The Morgan fingerprint density at radius 1 is 1.11 bits per heavy atom. The van der Waals surface area contributed by atoms with Crippen LogP contribution in [-0.4, -0.2) is 17.1 Å². The number of fused-ring (bicyclic) bond motifs is 1. The van der Waals surface area contributed by atoms with Crippen molar-refractivity contribution in [2.45, 2.75) is 0 Å². The van der Waals surface area contributed by atoms with Crippen molar-refractivity contribution in [2.75, 3.05) is 12.8 Å². The summed E-state index contributed by atoms with van der Waals surface area (Å²) in [6.45, 7) is 0. The van der Waals surface area contributed by atoms with Gasteiger partial charge in [-0.05, 0) is 12.1 Å². The molecule has 0 saturated carbocycles. The first-order valence-corrected chi connectivity index (χ1v) is 6.26. The zero-order valence-corrected chi connectivity index (χ0v) is 10.6. The molecule has 2 heterocycles. The smallest absolute Gasteiger partial charge is 0.213 e. The highest BCUT2D eigenvalue weighted by atomic mass is 32.1. The van der Waals surface area contributed by atoms with Gasteiger partial charge in [0.15, 0.2) is 5.13 Å². The van der Waals surface area contributed by atoms with Crippen molar-refractivity contribution in [3.8, 4) is 17.1 Å². The normalized spacial score (nSPS) is 10.7. The number of aromatic nitrogens is 2. The minimum Gasteiger partial charge on any atom is -0.481 e. The van der Waals surface area contributed by atoms with E-state index in [1.54, 1.807) is 7.11 Å². The Morgan fingerprint density at radius 3 is 2.78 bits per heavy atom. The Bertz CT molecular complexity index is 708. The minimum atomic E-state index is 0.570. The highest BCUT2D eigenvalue weighted by Gasteiger charge is 2.09. The largest absolute Gasteiger partial charge is 0.481 e. The van der Waals surface area contributed by atoms with Gasteiger partial charge >= 0.3 is 0 Å². The Morgan fingerprint density at radius 2 is 1.94 bits per heavy atom. The number of ether oxygens (including phenoxy) is 1. The summed E-state index contributed by atoms with van der Waals surface area (Å²) >= 11 is 1.47. The first-order valence-electron chi connectivity index (χ1n) is 5.44. The number of nitrogens with zero attached hydrogens (tertiary/aromatic N) is 2. The SMILES string of the molecule is COc1cccc(-c2cccc3nc(N)sc23)n1. The van der Waals surface area contributed by atoms with Crippen molar-refractivity contribution in [3.05, 3.63) is 36.4 Å². The average molecular weight is 257 g/mol. The minimum absolute atomic E-state index is 0.570. The van der Waals surface area contributed by atoms with Gasteiger partial charge < -0.3 is 10.5 Å². The molecule has 2 N–H and O–H groups in total. The van der Waals surface area contributed by atoms with Gasteiger partial charge in [0.2, 0.25) is 5.88 Å². The summed E-state index contributed by atoms with van der Waals surface area (Å²) in [5.74, 6) is 0.599. The molecule has 0 radical (unpaired) electrons. The van der Waals surface area contributed by atoms with E-state index < -0.39 is 0 Å². The van der Waals surface area contributed by atoms with E-state index >= 15 is 0 Å². The van der Waals surface area contributed by atoms with Gasteiger partial charge in [0, 0.05) is 11.6 Å². The Kier molecular flexibility index (Phi) is 2.60.